The highest BCUT2D eigenvalue weighted by atomic mass is 16.5. The maximum absolute atomic E-state index is 5.38. The topological polar surface area (TPSA) is 58.1 Å². The van der Waals surface area contributed by atoms with Gasteiger partial charge in [0.15, 0.2) is 5.96 Å². The van der Waals surface area contributed by atoms with Crippen LogP contribution in [-0.2, 0) is 0 Å². The smallest absolute Gasteiger partial charge is 0.191 e. The quantitative estimate of drug-likeness (QED) is 0.586. The van der Waals surface area contributed by atoms with Crippen LogP contribution in [0.2, 0.25) is 0 Å². The fraction of sp³-hybridized carbons (Fsp3) is 0.632. The number of rotatable bonds is 7. The highest BCUT2D eigenvalue weighted by Gasteiger charge is 2.24. The van der Waals surface area contributed by atoms with Crippen molar-refractivity contribution in [1.29, 1.82) is 0 Å². The third kappa shape index (κ3) is 5.73. The van der Waals surface area contributed by atoms with Crippen LogP contribution >= 0.6 is 0 Å². The predicted molar refractivity (Wildman–Crippen MR) is 104 cm³/mol. The van der Waals surface area contributed by atoms with Crippen molar-refractivity contribution in [1.82, 2.24) is 10.6 Å². The number of benzene rings is 1. The van der Waals surface area contributed by atoms with Gasteiger partial charge in [0.05, 0.1) is 14.2 Å². The zero-order chi connectivity index (χ0) is 18.2. The fourth-order valence-corrected chi connectivity index (χ4v) is 2.95. The van der Waals surface area contributed by atoms with Crippen molar-refractivity contribution in [2.75, 3.05) is 45.8 Å². The van der Waals surface area contributed by atoms with Gasteiger partial charge in [-0.05, 0) is 18.8 Å². The van der Waals surface area contributed by atoms with E-state index in [1.165, 1.54) is 0 Å². The third-order valence-corrected chi connectivity index (χ3v) is 4.47. The van der Waals surface area contributed by atoms with Crippen LogP contribution in [0.5, 0.6) is 11.5 Å². The number of ether oxygens (including phenoxy) is 2. The summed E-state index contributed by atoms with van der Waals surface area (Å²) in [6, 6.07) is 6.39. The van der Waals surface area contributed by atoms with E-state index in [0.717, 1.165) is 55.6 Å². The molecule has 2 N–H and O–H groups in total. The Hall–Kier alpha value is -2.11. The molecule has 1 unspecified atom stereocenters. The SMILES string of the molecule is CN=C(NCCC(C)C)NC1CCN(c2cc(OC)cc(OC)c2)C1. The molecule has 0 radical (unpaired) electrons. The number of methoxy groups -OCH3 is 2. The van der Waals surface area contributed by atoms with Crippen LogP contribution in [0.25, 0.3) is 0 Å². The Bertz CT molecular complexity index is 552. The molecule has 0 aliphatic carbocycles. The molecule has 25 heavy (non-hydrogen) atoms. The van der Waals surface area contributed by atoms with E-state index in [1.807, 2.05) is 13.1 Å². The highest BCUT2D eigenvalue weighted by molar-refractivity contribution is 5.80. The molecular formula is C19H32N4O2. The van der Waals surface area contributed by atoms with E-state index in [2.05, 4.69) is 46.5 Å². The molecule has 1 saturated heterocycles. The van der Waals surface area contributed by atoms with E-state index in [9.17, 15) is 0 Å². The number of nitrogens with one attached hydrogen (secondary N) is 2. The molecule has 0 aromatic heterocycles. The second-order valence-corrected chi connectivity index (χ2v) is 6.83. The van der Waals surface area contributed by atoms with E-state index in [0.29, 0.717) is 12.0 Å². The summed E-state index contributed by atoms with van der Waals surface area (Å²) < 4.78 is 10.8. The molecule has 1 aliphatic heterocycles. The average Bonchev–Trinajstić information content (AvgIpc) is 3.08. The van der Waals surface area contributed by atoms with Crippen LogP contribution in [0.4, 0.5) is 5.69 Å². The monoisotopic (exact) mass is 348 g/mol. The first-order chi connectivity index (χ1) is 12.0. The van der Waals surface area contributed by atoms with E-state index in [1.54, 1.807) is 14.2 Å². The van der Waals surface area contributed by atoms with Crippen molar-refractivity contribution in [3.63, 3.8) is 0 Å². The summed E-state index contributed by atoms with van der Waals surface area (Å²) in [7, 11) is 5.18. The lowest BCUT2D eigenvalue weighted by atomic mass is 10.1. The Morgan fingerprint density at radius 2 is 1.92 bits per heavy atom. The van der Waals surface area contributed by atoms with Crippen LogP contribution in [0.3, 0.4) is 0 Å². The molecule has 0 spiro atoms. The minimum Gasteiger partial charge on any atom is -0.497 e. The molecule has 1 aromatic carbocycles. The van der Waals surface area contributed by atoms with Crippen molar-refractivity contribution in [3.8, 4) is 11.5 Å². The maximum Gasteiger partial charge on any atom is 0.191 e. The largest absolute Gasteiger partial charge is 0.497 e. The second kappa shape index (κ2) is 9.39. The Morgan fingerprint density at radius 1 is 1.24 bits per heavy atom. The summed E-state index contributed by atoms with van der Waals surface area (Å²) in [4.78, 5) is 6.69. The Kier molecular flexibility index (Phi) is 7.22. The van der Waals surface area contributed by atoms with Crippen molar-refractivity contribution in [2.24, 2.45) is 10.9 Å². The first kappa shape index (κ1) is 19.2. The normalized spacial score (nSPS) is 17.8. The summed E-state index contributed by atoms with van der Waals surface area (Å²) in [5, 5.41) is 6.93. The zero-order valence-electron chi connectivity index (χ0n) is 16.1. The maximum atomic E-state index is 5.38. The summed E-state index contributed by atoms with van der Waals surface area (Å²) in [6.45, 7) is 7.34. The van der Waals surface area contributed by atoms with E-state index in [4.69, 9.17) is 9.47 Å². The first-order valence-electron chi connectivity index (χ1n) is 9.01. The van der Waals surface area contributed by atoms with Gasteiger partial charge in [-0.3, -0.25) is 4.99 Å². The highest BCUT2D eigenvalue weighted by Crippen LogP contribution is 2.30. The van der Waals surface area contributed by atoms with Crippen LogP contribution in [0, 0.1) is 5.92 Å². The molecule has 1 atom stereocenters. The summed E-state index contributed by atoms with van der Waals surface area (Å²) in [6.07, 6.45) is 2.21. The predicted octanol–water partition coefficient (Wildman–Crippen LogP) is 2.49. The van der Waals surface area contributed by atoms with Crippen molar-refractivity contribution in [3.05, 3.63) is 18.2 Å². The van der Waals surface area contributed by atoms with Crippen LogP contribution in [0.15, 0.2) is 23.2 Å². The van der Waals surface area contributed by atoms with Gasteiger partial charge >= 0.3 is 0 Å². The first-order valence-corrected chi connectivity index (χ1v) is 9.01. The molecular weight excluding hydrogens is 316 g/mol. The second-order valence-electron chi connectivity index (χ2n) is 6.83. The van der Waals surface area contributed by atoms with Gasteiger partial charge in [0.1, 0.15) is 11.5 Å². The molecule has 6 nitrogen and oxygen atoms in total. The van der Waals surface area contributed by atoms with Gasteiger partial charge in [0.25, 0.3) is 0 Å². The number of guanidine groups is 1. The van der Waals surface area contributed by atoms with Gasteiger partial charge in [0.2, 0.25) is 0 Å². The Labute approximate surface area is 151 Å². The van der Waals surface area contributed by atoms with Crippen LogP contribution in [-0.4, -0.2) is 52.9 Å². The number of hydrogen-bond donors (Lipinski definition) is 2. The van der Waals surface area contributed by atoms with Crippen molar-refractivity contribution >= 4 is 11.6 Å². The molecule has 1 aromatic rings. The third-order valence-electron chi connectivity index (χ3n) is 4.47. The molecule has 0 saturated carbocycles. The molecule has 1 aliphatic rings. The van der Waals surface area contributed by atoms with Gasteiger partial charge in [-0.15, -0.1) is 0 Å². The Morgan fingerprint density at radius 3 is 2.48 bits per heavy atom. The van der Waals surface area contributed by atoms with Gasteiger partial charge in [0, 0.05) is 56.6 Å². The lowest BCUT2D eigenvalue weighted by Gasteiger charge is -2.21. The molecule has 2 rings (SSSR count). The molecule has 1 heterocycles. The number of aliphatic imine (C=N–C) groups is 1. The fourth-order valence-electron chi connectivity index (χ4n) is 2.95. The Balaban J connectivity index is 1.92. The average molecular weight is 348 g/mol. The standard InChI is InChI=1S/C19H32N4O2/c1-14(2)6-8-21-19(20-3)22-15-7-9-23(13-15)16-10-17(24-4)12-18(11-16)25-5/h10-12,14-15H,6-9,13H2,1-5H3,(H2,20,21,22). The summed E-state index contributed by atoms with van der Waals surface area (Å²) in [5.74, 6) is 3.21. The van der Waals surface area contributed by atoms with Gasteiger partial charge < -0.3 is 25.0 Å². The molecule has 140 valence electrons. The van der Waals surface area contributed by atoms with E-state index >= 15 is 0 Å². The van der Waals surface area contributed by atoms with Gasteiger partial charge in [-0.25, -0.2) is 0 Å². The van der Waals surface area contributed by atoms with Crippen molar-refractivity contribution < 1.29 is 9.47 Å². The molecule has 6 heteroatoms. The van der Waals surface area contributed by atoms with Gasteiger partial charge in [-0.2, -0.15) is 0 Å². The minimum atomic E-state index is 0.377. The van der Waals surface area contributed by atoms with E-state index < -0.39 is 0 Å². The summed E-state index contributed by atoms with van der Waals surface area (Å²) in [5.41, 5.74) is 1.13. The van der Waals surface area contributed by atoms with Crippen LogP contribution in [0.1, 0.15) is 26.7 Å². The number of nitrogens with zero attached hydrogens (tertiary/aromatic N) is 2. The molecule has 1 fully saturated rings. The minimum absolute atomic E-state index is 0.377. The zero-order valence-corrected chi connectivity index (χ0v) is 16.1. The number of anilines is 1. The van der Waals surface area contributed by atoms with Crippen molar-refractivity contribution in [2.45, 2.75) is 32.7 Å². The summed E-state index contributed by atoms with van der Waals surface area (Å²) >= 11 is 0. The number of hydrogen-bond acceptors (Lipinski definition) is 4. The van der Waals surface area contributed by atoms with Crippen LogP contribution < -0.4 is 25.0 Å². The lowest BCUT2D eigenvalue weighted by Crippen LogP contribution is -2.45. The molecule has 0 bridgehead atoms. The van der Waals surface area contributed by atoms with Gasteiger partial charge in [-0.1, -0.05) is 13.8 Å². The molecule has 0 amide bonds. The lowest BCUT2D eigenvalue weighted by molar-refractivity contribution is 0.394. The van der Waals surface area contributed by atoms with E-state index in [-0.39, 0.29) is 0 Å².